The smallest absolute Gasteiger partial charge is 0.407 e. The molecule has 2 atom stereocenters. The molecule has 0 aliphatic carbocycles. The molecule has 2 aromatic carbocycles. The van der Waals surface area contributed by atoms with Gasteiger partial charge in [-0.1, -0.05) is 42.5 Å². The van der Waals surface area contributed by atoms with Gasteiger partial charge in [0.15, 0.2) is 0 Å². The van der Waals surface area contributed by atoms with Crippen LogP contribution in [0.25, 0.3) is 0 Å². The number of rotatable bonds is 10. The molecule has 2 rings (SSSR count). The summed E-state index contributed by atoms with van der Waals surface area (Å²) in [6.45, 7) is -0.141. The lowest BCUT2D eigenvalue weighted by Crippen LogP contribution is -2.45. The summed E-state index contributed by atoms with van der Waals surface area (Å²) in [5.41, 5.74) is 1.31. The monoisotopic (exact) mass is 432 g/mol. The zero-order valence-corrected chi connectivity index (χ0v) is 17.0. The molecule has 31 heavy (non-hydrogen) atoms. The largest absolute Gasteiger partial charge is 0.467 e. The molecule has 0 heterocycles. The normalized spacial score (nSPS) is 12.4. The number of halogens is 1. The van der Waals surface area contributed by atoms with Crippen LogP contribution in [0.1, 0.15) is 17.5 Å². The molecule has 2 amide bonds. The van der Waals surface area contributed by atoms with Crippen molar-refractivity contribution in [3.05, 3.63) is 71.5 Å². The highest BCUT2D eigenvalue weighted by Gasteiger charge is 2.23. The van der Waals surface area contributed by atoms with Gasteiger partial charge in [-0.25, -0.2) is 14.0 Å². The van der Waals surface area contributed by atoms with E-state index in [9.17, 15) is 23.9 Å². The van der Waals surface area contributed by atoms with Crippen molar-refractivity contribution in [2.24, 2.45) is 0 Å². The minimum Gasteiger partial charge on any atom is -0.467 e. The van der Waals surface area contributed by atoms with Crippen molar-refractivity contribution >= 4 is 18.0 Å². The molecular formula is C22H25FN2O6. The predicted molar refractivity (Wildman–Crippen MR) is 109 cm³/mol. The minimum atomic E-state index is -1.20. The molecule has 166 valence electrons. The van der Waals surface area contributed by atoms with Crippen molar-refractivity contribution in [2.75, 3.05) is 13.7 Å². The zero-order chi connectivity index (χ0) is 22.6. The van der Waals surface area contributed by atoms with Gasteiger partial charge in [-0.3, -0.25) is 4.79 Å². The van der Waals surface area contributed by atoms with Crippen molar-refractivity contribution in [1.29, 1.82) is 0 Å². The van der Waals surface area contributed by atoms with E-state index in [0.717, 1.165) is 5.56 Å². The molecule has 3 N–H and O–H groups in total. The number of hydrogen-bond acceptors (Lipinski definition) is 6. The van der Waals surface area contributed by atoms with E-state index in [4.69, 9.17) is 4.74 Å². The molecule has 0 saturated carbocycles. The van der Waals surface area contributed by atoms with E-state index < -0.39 is 35.9 Å². The van der Waals surface area contributed by atoms with Crippen molar-refractivity contribution in [3.63, 3.8) is 0 Å². The Kier molecular flexibility index (Phi) is 9.44. The number of alkyl carbamates (subject to hydrolysis) is 1. The van der Waals surface area contributed by atoms with Crippen molar-refractivity contribution in [2.45, 2.75) is 31.6 Å². The standard InChI is InChI=1S/C22H25FN2O6/c1-30-21(28)19(11-16-8-5-9-17(23)10-16)25-20(27)12-18(26)13-24-22(29)31-14-15-6-3-2-4-7-15/h2-10,18-19,26H,11-14H2,1H3,(H,24,29)(H,25,27)/t18-,19-/m1/s1. The highest BCUT2D eigenvalue weighted by atomic mass is 19.1. The molecular weight excluding hydrogens is 407 g/mol. The third-order valence-electron chi connectivity index (χ3n) is 4.27. The Balaban J connectivity index is 1.77. The number of carbonyl (C=O) groups excluding carboxylic acids is 3. The van der Waals surface area contributed by atoms with Crippen LogP contribution in [-0.4, -0.2) is 48.9 Å². The van der Waals surface area contributed by atoms with Crippen LogP contribution >= 0.6 is 0 Å². The molecule has 0 spiro atoms. The van der Waals surface area contributed by atoms with Gasteiger partial charge in [0.05, 0.1) is 19.6 Å². The quantitative estimate of drug-likeness (QED) is 0.493. The van der Waals surface area contributed by atoms with Crippen molar-refractivity contribution < 1.29 is 33.4 Å². The molecule has 8 nitrogen and oxygen atoms in total. The molecule has 9 heteroatoms. The first-order valence-corrected chi connectivity index (χ1v) is 9.61. The van der Waals surface area contributed by atoms with Crippen LogP contribution in [0, 0.1) is 5.82 Å². The second-order valence-electron chi connectivity index (χ2n) is 6.78. The predicted octanol–water partition coefficient (Wildman–Crippen LogP) is 1.70. The summed E-state index contributed by atoms with van der Waals surface area (Å²) in [6, 6.07) is 13.7. The number of methoxy groups -OCH3 is 1. The van der Waals surface area contributed by atoms with Crippen molar-refractivity contribution in [1.82, 2.24) is 10.6 Å². The van der Waals surface area contributed by atoms with Crippen LogP contribution in [-0.2, 0) is 32.1 Å². The van der Waals surface area contributed by atoms with Gasteiger partial charge in [0.2, 0.25) is 5.91 Å². The maximum Gasteiger partial charge on any atom is 0.407 e. The van der Waals surface area contributed by atoms with Crippen LogP contribution in [0.3, 0.4) is 0 Å². The number of esters is 1. The molecule has 0 aliphatic rings. The molecule has 0 aliphatic heterocycles. The molecule has 0 bridgehead atoms. The van der Waals surface area contributed by atoms with Gasteiger partial charge >= 0.3 is 12.1 Å². The van der Waals surface area contributed by atoms with Crippen molar-refractivity contribution in [3.8, 4) is 0 Å². The van der Waals surface area contributed by atoms with E-state index in [1.54, 1.807) is 18.2 Å². The maximum absolute atomic E-state index is 13.4. The summed E-state index contributed by atoms with van der Waals surface area (Å²) in [5, 5.41) is 14.8. The Morgan fingerprint density at radius 2 is 1.77 bits per heavy atom. The lowest BCUT2D eigenvalue weighted by atomic mass is 10.1. The summed E-state index contributed by atoms with van der Waals surface area (Å²) in [7, 11) is 1.17. The van der Waals surface area contributed by atoms with Crippen LogP contribution in [0.4, 0.5) is 9.18 Å². The van der Waals surface area contributed by atoms with E-state index in [0.29, 0.717) is 5.56 Å². The van der Waals surface area contributed by atoms with Gasteiger partial charge in [-0.2, -0.15) is 0 Å². The maximum atomic E-state index is 13.4. The molecule has 0 unspecified atom stereocenters. The molecule has 0 fully saturated rings. The fourth-order valence-electron chi connectivity index (χ4n) is 2.75. The van der Waals surface area contributed by atoms with E-state index in [2.05, 4.69) is 15.4 Å². The topological polar surface area (TPSA) is 114 Å². The third-order valence-corrected chi connectivity index (χ3v) is 4.27. The Bertz CT molecular complexity index is 877. The second kappa shape index (κ2) is 12.3. The first kappa shape index (κ1) is 23.8. The average molecular weight is 432 g/mol. The molecule has 2 aromatic rings. The Hall–Kier alpha value is -3.46. The highest BCUT2D eigenvalue weighted by Crippen LogP contribution is 2.08. The van der Waals surface area contributed by atoms with Gasteiger partial charge < -0.3 is 25.2 Å². The lowest BCUT2D eigenvalue weighted by Gasteiger charge is -2.18. The number of hydrogen-bond donors (Lipinski definition) is 3. The summed E-state index contributed by atoms with van der Waals surface area (Å²) in [6.07, 6.45) is -2.27. The van der Waals surface area contributed by atoms with Crippen LogP contribution in [0.2, 0.25) is 0 Å². The number of amides is 2. The van der Waals surface area contributed by atoms with Gasteiger partial charge in [-0.15, -0.1) is 0 Å². The highest BCUT2D eigenvalue weighted by molar-refractivity contribution is 5.84. The number of aliphatic hydroxyl groups is 1. The van der Waals surface area contributed by atoms with Gasteiger partial charge in [0, 0.05) is 13.0 Å². The van der Waals surface area contributed by atoms with Gasteiger partial charge in [-0.05, 0) is 23.3 Å². The lowest BCUT2D eigenvalue weighted by molar-refractivity contribution is -0.145. The van der Waals surface area contributed by atoms with E-state index in [1.165, 1.54) is 25.3 Å². The third kappa shape index (κ3) is 8.83. The number of carbonyl (C=O) groups is 3. The fraction of sp³-hybridized carbons (Fsp3) is 0.318. The summed E-state index contributed by atoms with van der Waals surface area (Å²) < 4.78 is 23.1. The average Bonchev–Trinajstić information content (AvgIpc) is 2.76. The van der Waals surface area contributed by atoms with Crippen LogP contribution < -0.4 is 10.6 Å². The Morgan fingerprint density at radius 1 is 1.06 bits per heavy atom. The van der Waals surface area contributed by atoms with Gasteiger partial charge in [0.25, 0.3) is 0 Å². The first-order valence-electron chi connectivity index (χ1n) is 9.61. The van der Waals surface area contributed by atoms with E-state index in [-0.39, 0.29) is 26.0 Å². The second-order valence-corrected chi connectivity index (χ2v) is 6.78. The summed E-state index contributed by atoms with van der Waals surface area (Å²) in [5.74, 6) is -1.79. The molecule has 0 saturated heterocycles. The fourth-order valence-corrected chi connectivity index (χ4v) is 2.75. The number of benzene rings is 2. The Labute approximate surface area is 179 Å². The van der Waals surface area contributed by atoms with E-state index in [1.807, 2.05) is 18.2 Å². The number of nitrogens with one attached hydrogen (secondary N) is 2. The van der Waals surface area contributed by atoms with Gasteiger partial charge in [0.1, 0.15) is 18.5 Å². The minimum absolute atomic E-state index is 0.0241. The molecule has 0 radical (unpaired) electrons. The summed E-state index contributed by atoms with van der Waals surface area (Å²) in [4.78, 5) is 35.9. The Morgan fingerprint density at radius 3 is 2.45 bits per heavy atom. The van der Waals surface area contributed by atoms with E-state index >= 15 is 0 Å². The molecule has 0 aromatic heterocycles. The van der Waals surface area contributed by atoms with Crippen LogP contribution in [0.5, 0.6) is 0 Å². The summed E-state index contributed by atoms with van der Waals surface area (Å²) >= 11 is 0. The first-order chi connectivity index (χ1) is 14.9. The number of ether oxygens (including phenoxy) is 2. The zero-order valence-electron chi connectivity index (χ0n) is 17.0. The van der Waals surface area contributed by atoms with Crippen LogP contribution in [0.15, 0.2) is 54.6 Å². The SMILES string of the molecule is COC(=O)[C@@H](Cc1cccc(F)c1)NC(=O)C[C@@H](O)CNC(=O)OCc1ccccc1. The number of aliphatic hydroxyl groups excluding tert-OH is 1.